The van der Waals surface area contributed by atoms with Gasteiger partial charge in [-0.1, -0.05) is 49.4 Å². The SMILES string of the molecule is CCc1ccc(-c2c(I)c3ccccc3n3cccc23)cc1. The average molecular weight is 397 g/mol. The monoisotopic (exact) mass is 397 g/mol. The highest BCUT2D eigenvalue weighted by molar-refractivity contribution is 14.1. The third-order valence-corrected chi connectivity index (χ3v) is 5.40. The quantitative estimate of drug-likeness (QED) is 0.370. The van der Waals surface area contributed by atoms with E-state index in [1.165, 1.54) is 36.7 Å². The van der Waals surface area contributed by atoms with Gasteiger partial charge in [0.25, 0.3) is 0 Å². The molecule has 0 aliphatic carbocycles. The van der Waals surface area contributed by atoms with Gasteiger partial charge in [-0.05, 0) is 58.3 Å². The lowest BCUT2D eigenvalue weighted by Gasteiger charge is -2.13. The van der Waals surface area contributed by atoms with Crippen LogP contribution in [0.3, 0.4) is 0 Å². The maximum absolute atomic E-state index is 2.49. The Kier molecular flexibility index (Phi) is 3.41. The standard InChI is InChI=1S/C20H16IN/c1-2-14-9-11-15(12-10-14)19-18-8-5-13-22(18)17-7-4-3-6-16(17)20(19)21/h3-13H,2H2,1H3. The second-order valence-electron chi connectivity index (χ2n) is 5.52. The highest BCUT2D eigenvalue weighted by atomic mass is 127. The molecule has 0 amide bonds. The first-order chi connectivity index (χ1) is 10.8. The Labute approximate surface area is 143 Å². The molecule has 0 saturated heterocycles. The lowest BCUT2D eigenvalue weighted by Crippen LogP contribution is -1.94. The lowest BCUT2D eigenvalue weighted by molar-refractivity contribution is 1.14. The van der Waals surface area contributed by atoms with Crippen LogP contribution in [0.25, 0.3) is 27.5 Å². The molecule has 2 heteroatoms. The molecular weight excluding hydrogens is 381 g/mol. The van der Waals surface area contributed by atoms with Crippen LogP contribution >= 0.6 is 22.6 Å². The van der Waals surface area contributed by atoms with Crippen LogP contribution in [0.2, 0.25) is 0 Å². The molecule has 0 unspecified atom stereocenters. The zero-order valence-electron chi connectivity index (χ0n) is 12.4. The van der Waals surface area contributed by atoms with E-state index in [1.54, 1.807) is 0 Å². The van der Waals surface area contributed by atoms with Crippen LogP contribution in [0.15, 0.2) is 66.9 Å². The number of hydrogen-bond donors (Lipinski definition) is 0. The number of fused-ring (bicyclic) bond motifs is 3. The fraction of sp³-hybridized carbons (Fsp3) is 0.100. The topological polar surface area (TPSA) is 4.41 Å². The summed E-state index contributed by atoms with van der Waals surface area (Å²) in [5.74, 6) is 0. The highest BCUT2D eigenvalue weighted by Crippen LogP contribution is 2.35. The molecule has 0 fully saturated rings. The van der Waals surface area contributed by atoms with Crippen molar-refractivity contribution in [3.63, 3.8) is 0 Å². The summed E-state index contributed by atoms with van der Waals surface area (Å²) in [5, 5.41) is 1.31. The Balaban J connectivity index is 2.10. The van der Waals surface area contributed by atoms with Gasteiger partial charge in [0, 0.05) is 20.7 Å². The fourth-order valence-corrected chi connectivity index (χ4v) is 4.14. The maximum atomic E-state index is 2.49. The third kappa shape index (κ3) is 2.05. The Morgan fingerprint density at radius 1 is 0.864 bits per heavy atom. The molecule has 4 aromatic rings. The van der Waals surface area contributed by atoms with Gasteiger partial charge in [-0.2, -0.15) is 0 Å². The average Bonchev–Trinajstić information content (AvgIpc) is 3.05. The smallest absolute Gasteiger partial charge is 0.0545 e. The number of aryl methyl sites for hydroxylation is 1. The Hall–Kier alpha value is -1.81. The minimum atomic E-state index is 1.08. The molecule has 0 aliphatic heterocycles. The summed E-state index contributed by atoms with van der Waals surface area (Å²) in [6, 6.07) is 21.9. The van der Waals surface area contributed by atoms with Crippen LogP contribution < -0.4 is 0 Å². The van der Waals surface area contributed by atoms with Crippen molar-refractivity contribution in [2.45, 2.75) is 13.3 Å². The molecule has 0 aliphatic rings. The van der Waals surface area contributed by atoms with E-state index in [1.807, 2.05) is 0 Å². The molecule has 22 heavy (non-hydrogen) atoms. The van der Waals surface area contributed by atoms with Gasteiger partial charge in [0.1, 0.15) is 0 Å². The largest absolute Gasteiger partial charge is 0.316 e. The van der Waals surface area contributed by atoms with E-state index in [4.69, 9.17) is 0 Å². The van der Waals surface area contributed by atoms with Crippen LogP contribution in [-0.2, 0) is 6.42 Å². The maximum Gasteiger partial charge on any atom is 0.0545 e. The number of aromatic nitrogens is 1. The van der Waals surface area contributed by atoms with E-state index in [0.717, 1.165) is 6.42 Å². The third-order valence-electron chi connectivity index (χ3n) is 4.28. The summed E-state index contributed by atoms with van der Waals surface area (Å²) in [7, 11) is 0. The number of rotatable bonds is 2. The van der Waals surface area contributed by atoms with Crippen molar-refractivity contribution in [2.24, 2.45) is 0 Å². The van der Waals surface area contributed by atoms with Crippen molar-refractivity contribution in [3.05, 3.63) is 76.0 Å². The van der Waals surface area contributed by atoms with Crippen LogP contribution in [0.5, 0.6) is 0 Å². The molecule has 108 valence electrons. The zero-order valence-corrected chi connectivity index (χ0v) is 14.5. The first-order valence-corrected chi connectivity index (χ1v) is 8.64. The molecule has 1 nitrogen and oxygen atoms in total. The first kappa shape index (κ1) is 13.8. The molecular formula is C20H16IN. The Morgan fingerprint density at radius 3 is 2.36 bits per heavy atom. The van der Waals surface area contributed by atoms with Crippen LogP contribution in [-0.4, -0.2) is 4.40 Å². The second kappa shape index (κ2) is 5.43. The second-order valence-corrected chi connectivity index (χ2v) is 6.60. The minimum Gasteiger partial charge on any atom is -0.316 e. The van der Waals surface area contributed by atoms with E-state index < -0.39 is 0 Å². The number of pyridine rings is 1. The molecule has 2 heterocycles. The molecule has 0 radical (unpaired) electrons. The first-order valence-electron chi connectivity index (χ1n) is 7.56. The van der Waals surface area contributed by atoms with Crippen molar-refractivity contribution in [1.29, 1.82) is 0 Å². The van der Waals surface area contributed by atoms with Crippen LogP contribution in [0.1, 0.15) is 12.5 Å². The lowest BCUT2D eigenvalue weighted by atomic mass is 10.0. The summed E-state index contributed by atoms with van der Waals surface area (Å²) in [6.45, 7) is 2.19. The Morgan fingerprint density at radius 2 is 1.59 bits per heavy atom. The van der Waals surface area contributed by atoms with E-state index in [2.05, 4.69) is 101 Å². The molecule has 0 bridgehead atoms. The van der Waals surface area contributed by atoms with Gasteiger partial charge >= 0.3 is 0 Å². The van der Waals surface area contributed by atoms with Crippen molar-refractivity contribution in [1.82, 2.24) is 4.40 Å². The van der Waals surface area contributed by atoms with Gasteiger partial charge in [0.2, 0.25) is 0 Å². The normalized spacial score (nSPS) is 11.4. The molecule has 2 aromatic carbocycles. The number of para-hydroxylation sites is 1. The van der Waals surface area contributed by atoms with Gasteiger partial charge in [0.15, 0.2) is 0 Å². The van der Waals surface area contributed by atoms with E-state index in [-0.39, 0.29) is 0 Å². The predicted molar refractivity (Wildman–Crippen MR) is 102 cm³/mol. The Bertz CT molecular complexity index is 964. The summed E-state index contributed by atoms with van der Waals surface area (Å²) in [4.78, 5) is 0. The minimum absolute atomic E-state index is 1.08. The summed E-state index contributed by atoms with van der Waals surface area (Å²) >= 11 is 2.49. The van der Waals surface area contributed by atoms with Gasteiger partial charge in [-0.3, -0.25) is 0 Å². The molecule has 0 atom stereocenters. The van der Waals surface area contributed by atoms with Gasteiger partial charge in [-0.25, -0.2) is 0 Å². The van der Waals surface area contributed by atoms with Crippen LogP contribution in [0, 0.1) is 3.57 Å². The summed E-state index contributed by atoms with van der Waals surface area (Å²) in [6.07, 6.45) is 3.23. The van der Waals surface area contributed by atoms with Gasteiger partial charge < -0.3 is 4.40 Å². The molecule has 4 rings (SSSR count). The molecule has 0 saturated carbocycles. The van der Waals surface area contributed by atoms with Crippen molar-refractivity contribution >= 4 is 39.0 Å². The van der Waals surface area contributed by atoms with Crippen LogP contribution in [0.4, 0.5) is 0 Å². The molecule has 2 aromatic heterocycles. The predicted octanol–water partition coefficient (Wildman–Crippen LogP) is 5.93. The highest BCUT2D eigenvalue weighted by Gasteiger charge is 2.13. The summed E-state index contributed by atoms with van der Waals surface area (Å²) in [5.41, 5.74) is 6.53. The number of hydrogen-bond acceptors (Lipinski definition) is 0. The summed E-state index contributed by atoms with van der Waals surface area (Å²) < 4.78 is 3.62. The number of benzene rings is 2. The number of nitrogens with zero attached hydrogens (tertiary/aromatic N) is 1. The molecule has 0 spiro atoms. The van der Waals surface area contributed by atoms with Gasteiger partial charge in [0.05, 0.1) is 11.0 Å². The van der Waals surface area contributed by atoms with Crippen molar-refractivity contribution in [3.8, 4) is 11.1 Å². The molecule has 0 N–H and O–H groups in total. The van der Waals surface area contributed by atoms with Gasteiger partial charge in [-0.15, -0.1) is 0 Å². The van der Waals surface area contributed by atoms with Crippen molar-refractivity contribution in [2.75, 3.05) is 0 Å². The zero-order chi connectivity index (χ0) is 15.1. The van der Waals surface area contributed by atoms with E-state index in [9.17, 15) is 0 Å². The van der Waals surface area contributed by atoms with E-state index >= 15 is 0 Å². The van der Waals surface area contributed by atoms with E-state index in [0.29, 0.717) is 0 Å². The fourth-order valence-electron chi connectivity index (χ4n) is 3.09. The number of halogens is 1. The van der Waals surface area contributed by atoms with Crippen molar-refractivity contribution < 1.29 is 0 Å².